The van der Waals surface area contributed by atoms with Gasteiger partial charge in [-0.1, -0.05) is 25.1 Å². The third-order valence-electron chi connectivity index (χ3n) is 2.19. The molecular weight excluding hydrogens is 176 g/mol. The van der Waals surface area contributed by atoms with Gasteiger partial charge in [-0.3, -0.25) is 0 Å². The van der Waals surface area contributed by atoms with E-state index in [0.29, 0.717) is 5.56 Å². The van der Waals surface area contributed by atoms with Crippen LogP contribution in [0.5, 0.6) is 0 Å². The van der Waals surface area contributed by atoms with E-state index in [0.717, 1.165) is 5.56 Å². The summed E-state index contributed by atoms with van der Waals surface area (Å²) in [5.41, 5.74) is 1.65. The van der Waals surface area contributed by atoms with Gasteiger partial charge in [0.05, 0.1) is 12.7 Å². The molecule has 0 bridgehead atoms. The minimum atomic E-state index is -0.303. The quantitative estimate of drug-likeness (QED) is 0.541. The maximum atomic E-state index is 11.2. The van der Waals surface area contributed by atoms with E-state index in [4.69, 9.17) is 0 Å². The molecule has 1 rings (SSSR count). The predicted octanol–water partition coefficient (Wildman–Crippen LogP) is 2.76. The highest BCUT2D eigenvalue weighted by molar-refractivity contribution is 5.89. The molecule has 14 heavy (non-hydrogen) atoms. The Balaban J connectivity index is 3.00. The van der Waals surface area contributed by atoms with Crippen molar-refractivity contribution < 1.29 is 9.53 Å². The summed E-state index contributed by atoms with van der Waals surface area (Å²) >= 11 is 0. The number of ether oxygens (including phenoxy) is 1. The third kappa shape index (κ3) is 2.22. The van der Waals surface area contributed by atoms with Crippen molar-refractivity contribution in [3.05, 3.63) is 48.0 Å². The zero-order chi connectivity index (χ0) is 10.6. The van der Waals surface area contributed by atoms with Gasteiger partial charge < -0.3 is 4.74 Å². The van der Waals surface area contributed by atoms with Crippen molar-refractivity contribution in [1.82, 2.24) is 0 Å². The molecule has 0 saturated heterocycles. The molecule has 1 aromatic carbocycles. The van der Waals surface area contributed by atoms with Gasteiger partial charge in [0, 0.05) is 0 Å². The van der Waals surface area contributed by atoms with Gasteiger partial charge in [0.15, 0.2) is 0 Å². The number of allylic oxidation sites excluding steroid dienone is 1. The first kappa shape index (κ1) is 10.5. The Morgan fingerprint density at radius 2 is 2.29 bits per heavy atom. The molecule has 1 atom stereocenters. The largest absolute Gasteiger partial charge is 0.465 e. The molecule has 0 heterocycles. The molecule has 0 aliphatic heterocycles. The minimum Gasteiger partial charge on any atom is -0.465 e. The Hall–Kier alpha value is -1.57. The normalized spacial score (nSPS) is 11.9. The molecule has 0 aliphatic carbocycles. The fraction of sp³-hybridized carbons (Fsp3) is 0.250. The van der Waals surface area contributed by atoms with Gasteiger partial charge in [-0.15, -0.1) is 6.58 Å². The SMILES string of the molecule is C=C[C@H](C)c1cccc(C(=O)OC)c1. The van der Waals surface area contributed by atoms with Crippen LogP contribution >= 0.6 is 0 Å². The Bertz CT molecular complexity index is 342. The van der Waals surface area contributed by atoms with Gasteiger partial charge in [0.1, 0.15) is 0 Å². The zero-order valence-electron chi connectivity index (χ0n) is 8.49. The standard InChI is InChI=1S/C12H14O2/c1-4-9(2)10-6-5-7-11(8-10)12(13)14-3/h4-9H,1H2,2-3H3/t9-/m0/s1. The lowest BCUT2D eigenvalue weighted by Crippen LogP contribution is -2.02. The smallest absolute Gasteiger partial charge is 0.337 e. The van der Waals surface area contributed by atoms with E-state index in [1.54, 1.807) is 6.07 Å². The molecule has 0 spiro atoms. The van der Waals surface area contributed by atoms with E-state index in [9.17, 15) is 4.79 Å². The van der Waals surface area contributed by atoms with E-state index in [-0.39, 0.29) is 11.9 Å². The molecule has 0 aromatic heterocycles. The van der Waals surface area contributed by atoms with Crippen LogP contribution in [0.2, 0.25) is 0 Å². The topological polar surface area (TPSA) is 26.3 Å². The molecule has 0 amide bonds. The first-order chi connectivity index (χ1) is 6.69. The fourth-order valence-corrected chi connectivity index (χ4v) is 1.20. The van der Waals surface area contributed by atoms with Gasteiger partial charge in [-0.25, -0.2) is 4.79 Å². The Labute approximate surface area is 84.2 Å². The second-order valence-electron chi connectivity index (χ2n) is 3.14. The van der Waals surface area contributed by atoms with Crippen LogP contribution in [0.25, 0.3) is 0 Å². The highest BCUT2D eigenvalue weighted by atomic mass is 16.5. The third-order valence-corrected chi connectivity index (χ3v) is 2.19. The molecule has 0 fully saturated rings. The van der Waals surface area contributed by atoms with Crippen LogP contribution in [0, 0.1) is 0 Å². The average molecular weight is 190 g/mol. The second-order valence-corrected chi connectivity index (χ2v) is 3.14. The molecule has 0 saturated carbocycles. The second kappa shape index (κ2) is 4.61. The van der Waals surface area contributed by atoms with Gasteiger partial charge in [0.25, 0.3) is 0 Å². The highest BCUT2D eigenvalue weighted by Gasteiger charge is 2.07. The first-order valence-electron chi connectivity index (χ1n) is 4.50. The van der Waals surface area contributed by atoms with Crippen LogP contribution in [-0.2, 0) is 4.74 Å². The van der Waals surface area contributed by atoms with Crippen LogP contribution < -0.4 is 0 Å². The number of benzene rings is 1. The number of carbonyl (C=O) groups excluding carboxylic acids is 1. The molecule has 2 nitrogen and oxygen atoms in total. The molecule has 2 heteroatoms. The van der Waals surface area contributed by atoms with E-state index in [1.807, 2.05) is 31.2 Å². The van der Waals surface area contributed by atoms with Crippen molar-refractivity contribution in [2.75, 3.05) is 7.11 Å². The monoisotopic (exact) mass is 190 g/mol. The number of carbonyl (C=O) groups is 1. The van der Waals surface area contributed by atoms with E-state index in [2.05, 4.69) is 11.3 Å². The molecule has 74 valence electrons. The number of hydrogen-bond acceptors (Lipinski definition) is 2. The van der Waals surface area contributed by atoms with Crippen LogP contribution in [-0.4, -0.2) is 13.1 Å². The summed E-state index contributed by atoms with van der Waals surface area (Å²) in [6, 6.07) is 7.39. The molecular formula is C12H14O2. The lowest BCUT2D eigenvalue weighted by Gasteiger charge is -2.07. The van der Waals surface area contributed by atoms with Gasteiger partial charge in [-0.2, -0.15) is 0 Å². The Morgan fingerprint density at radius 1 is 1.57 bits per heavy atom. The molecule has 0 radical (unpaired) electrons. The van der Waals surface area contributed by atoms with Crippen LogP contribution in [0.4, 0.5) is 0 Å². The predicted molar refractivity (Wildman–Crippen MR) is 56.4 cm³/mol. The van der Waals surface area contributed by atoms with Gasteiger partial charge in [-0.05, 0) is 23.6 Å². The number of esters is 1. The summed E-state index contributed by atoms with van der Waals surface area (Å²) in [6.07, 6.45) is 1.84. The van der Waals surface area contributed by atoms with Crippen LogP contribution in [0.15, 0.2) is 36.9 Å². The lowest BCUT2D eigenvalue weighted by atomic mass is 9.99. The van der Waals surface area contributed by atoms with Gasteiger partial charge in [0.2, 0.25) is 0 Å². The summed E-state index contributed by atoms with van der Waals surface area (Å²) in [5.74, 6) is -0.0530. The van der Waals surface area contributed by atoms with Crippen LogP contribution in [0.1, 0.15) is 28.8 Å². The lowest BCUT2D eigenvalue weighted by molar-refractivity contribution is 0.0600. The summed E-state index contributed by atoms with van der Waals surface area (Å²) < 4.78 is 4.64. The maximum Gasteiger partial charge on any atom is 0.337 e. The Morgan fingerprint density at radius 3 is 2.86 bits per heavy atom. The summed E-state index contributed by atoms with van der Waals surface area (Å²) in [7, 11) is 1.38. The maximum absolute atomic E-state index is 11.2. The Kier molecular flexibility index (Phi) is 3.46. The fourth-order valence-electron chi connectivity index (χ4n) is 1.20. The van der Waals surface area contributed by atoms with Crippen molar-refractivity contribution in [3.63, 3.8) is 0 Å². The average Bonchev–Trinajstić information content (AvgIpc) is 2.27. The summed E-state index contributed by atoms with van der Waals surface area (Å²) in [6.45, 7) is 5.75. The van der Waals surface area contributed by atoms with E-state index in [1.165, 1.54) is 7.11 Å². The van der Waals surface area contributed by atoms with Gasteiger partial charge >= 0.3 is 5.97 Å². The van der Waals surface area contributed by atoms with E-state index >= 15 is 0 Å². The first-order valence-corrected chi connectivity index (χ1v) is 4.50. The number of hydrogen-bond donors (Lipinski definition) is 0. The van der Waals surface area contributed by atoms with Crippen molar-refractivity contribution in [3.8, 4) is 0 Å². The summed E-state index contributed by atoms with van der Waals surface area (Å²) in [4.78, 5) is 11.2. The molecule has 0 aliphatic rings. The van der Waals surface area contributed by atoms with Crippen LogP contribution in [0.3, 0.4) is 0 Å². The highest BCUT2D eigenvalue weighted by Crippen LogP contribution is 2.17. The zero-order valence-corrected chi connectivity index (χ0v) is 8.49. The molecule has 1 aromatic rings. The number of rotatable bonds is 3. The molecule has 0 unspecified atom stereocenters. The summed E-state index contributed by atoms with van der Waals surface area (Å²) in [5, 5.41) is 0. The van der Waals surface area contributed by atoms with Crippen molar-refractivity contribution in [2.45, 2.75) is 12.8 Å². The molecule has 0 N–H and O–H groups in total. The van der Waals surface area contributed by atoms with E-state index < -0.39 is 0 Å². The number of methoxy groups -OCH3 is 1. The van der Waals surface area contributed by atoms with Crippen molar-refractivity contribution in [1.29, 1.82) is 0 Å². The van der Waals surface area contributed by atoms with Crippen molar-refractivity contribution >= 4 is 5.97 Å². The van der Waals surface area contributed by atoms with Crippen molar-refractivity contribution in [2.24, 2.45) is 0 Å². The minimum absolute atomic E-state index is 0.250.